The van der Waals surface area contributed by atoms with Crippen molar-refractivity contribution in [3.05, 3.63) is 0 Å². The van der Waals surface area contributed by atoms with E-state index < -0.39 is 74.0 Å². The lowest BCUT2D eigenvalue weighted by molar-refractivity contribution is -0.143. The van der Waals surface area contributed by atoms with E-state index in [4.69, 9.17) is 22.9 Å². The summed E-state index contributed by atoms with van der Waals surface area (Å²) in [6.07, 6.45) is 0.451. The van der Waals surface area contributed by atoms with Crippen LogP contribution in [-0.4, -0.2) is 142 Å². The Morgan fingerprint density at radius 2 is 0.929 bits per heavy atom. The fraction of sp³-hybridized carbons (Fsp3) is 0.636. The molecule has 0 aliphatic rings. The van der Waals surface area contributed by atoms with Crippen molar-refractivity contribution in [2.75, 3.05) is 52.4 Å². The summed E-state index contributed by atoms with van der Waals surface area (Å²) in [4.78, 5) is 80.3. The Balaban J connectivity index is 5.23. The standard InChI is InChI=1S/C22H40N10O10/c23-21(24)27-5-1-3-13(19(39)40)29-15(33)9-31(11-17(35)36)7-8-32(12-18(37)38)10-16(34)30-14(20(41)42)4-2-6-28-22(25)26/h13-14H,1-12H2,(H,29,33)(H,30,34)(H,35,36)(H,37,38)(H,39,40)(H,41,42)(H4,23,24,27)(H4,25,26,28)/t13-,14+. The highest BCUT2D eigenvalue weighted by atomic mass is 16.4. The van der Waals surface area contributed by atoms with Crippen molar-refractivity contribution >= 4 is 47.6 Å². The van der Waals surface area contributed by atoms with E-state index >= 15 is 0 Å². The fourth-order valence-corrected chi connectivity index (χ4v) is 3.50. The Morgan fingerprint density at radius 1 is 0.595 bits per heavy atom. The van der Waals surface area contributed by atoms with E-state index in [1.807, 2.05) is 0 Å². The normalized spacial score (nSPS) is 12.1. The van der Waals surface area contributed by atoms with E-state index in [1.54, 1.807) is 0 Å². The van der Waals surface area contributed by atoms with Gasteiger partial charge < -0.3 is 54.0 Å². The monoisotopic (exact) mass is 604 g/mol. The van der Waals surface area contributed by atoms with Crippen LogP contribution in [0.25, 0.3) is 0 Å². The van der Waals surface area contributed by atoms with Gasteiger partial charge >= 0.3 is 23.9 Å². The summed E-state index contributed by atoms with van der Waals surface area (Å²) < 4.78 is 0. The van der Waals surface area contributed by atoms with Crippen molar-refractivity contribution in [1.82, 2.24) is 20.4 Å². The summed E-state index contributed by atoms with van der Waals surface area (Å²) in [7, 11) is 0. The van der Waals surface area contributed by atoms with Crippen LogP contribution in [0.4, 0.5) is 0 Å². The van der Waals surface area contributed by atoms with Gasteiger partial charge in [-0.05, 0) is 25.7 Å². The van der Waals surface area contributed by atoms with Gasteiger partial charge in [0.15, 0.2) is 11.9 Å². The Bertz CT molecular complexity index is 920. The molecule has 0 fully saturated rings. The first-order valence-corrected chi connectivity index (χ1v) is 12.6. The van der Waals surface area contributed by atoms with Crippen molar-refractivity contribution < 1.29 is 49.2 Å². The summed E-state index contributed by atoms with van der Waals surface area (Å²) in [6, 6.07) is -2.60. The molecule has 20 nitrogen and oxygen atoms in total. The highest BCUT2D eigenvalue weighted by molar-refractivity contribution is 5.86. The first-order valence-electron chi connectivity index (χ1n) is 12.6. The highest BCUT2D eigenvalue weighted by Crippen LogP contribution is 2.02. The van der Waals surface area contributed by atoms with E-state index in [-0.39, 0.29) is 63.8 Å². The molecule has 20 heteroatoms. The van der Waals surface area contributed by atoms with Gasteiger partial charge in [0.25, 0.3) is 0 Å². The summed E-state index contributed by atoms with van der Waals surface area (Å²) in [5, 5.41) is 41.8. The Hall–Kier alpha value is -4.72. The zero-order chi connectivity index (χ0) is 32.2. The molecule has 0 bridgehead atoms. The van der Waals surface area contributed by atoms with Gasteiger partial charge in [0, 0.05) is 26.2 Å². The SMILES string of the molecule is NC(N)=NCCC[C@H](NC(=O)CN(CCN(CC(=O)O)CC(=O)N[C@H](CCCN=C(N)N)C(=O)O)CC(=O)O)C(=O)O. The quantitative estimate of drug-likeness (QED) is 0.0296. The molecule has 0 aromatic rings. The minimum Gasteiger partial charge on any atom is -0.480 e. The van der Waals surface area contributed by atoms with Crippen LogP contribution >= 0.6 is 0 Å². The summed E-state index contributed by atoms with van der Waals surface area (Å²) >= 11 is 0. The maximum Gasteiger partial charge on any atom is 0.326 e. The lowest BCUT2D eigenvalue weighted by Gasteiger charge is -2.26. The molecule has 0 aliphatic carbocycles. The highest BCUT2D eigenvalue weighted by Gasteiger charge is 2.24. The van der Waals surface area contributed by atoms with Gasteiger partial charge in [-0.15, -0.1) is 0 Å². The van der Waals surface area contributed by atoms with Crippen LogP contribution in [0, 0.1) is 0 Å². The molecule has 0 rings (SSSR count). The van der Waals surface area contributed by atoms with Crippen LogP contribution in [0.15, 0.2) is 9.98 Å². The molecule has 2 atom stereocenters. The molecule has 0 unspecified atom stereocenters. The molecule has 0 saturated carbocycles. The van der Waals surface area contributed by atoms with Crippen LogP contribution < -0.4 is 33.6 Å². The molecule has 2 amide bonds. The first kappa shape index (κ1) is 37.3. The fourth-order valence-electron chi connectivity index (χ4n) is 3.50. The Kier molecular flexibility index (Phi) is 17.9. The number of nitrogens with two attached hydrogens (primary N) is 4. The molecule has 0 aromatic heterocycles. The van der Waals surface area contributed by atoms with Crippen LogP contribution in [-0.2, 0) is 28.8 Å². The molecule has 42 heavy (non-hydrogen) atoms. The maximum absolute atomic E-state index is 12.5. The number of rotatable bonds is 23. The Morgan fingerprint density at radius 3 is 1.19 bits per heavy atom. The third kappa shape index (κ3) is 19.4. The van der Waals surface area contributed by atoms with Gasteiger partial charge in [-0.2, -0.15) is 0 Å². The number of guanidine groups is 2. The zero-order valence-corrected chi connectivity index (χ0v) is 23.0. The van der Waals surface area contributed by atoms with Gasteiger partial charge in [-0.1, -0.05) is 0 Å². The largest absolute Gasteiger partial charge is 0.480 e. The smallest absolute Gasteiger partial charge is 0.326 e. The van der Waals surface area contributed by atoms with Crippen LogP contribution in [0.1, 0.15) is 25.7 Å². The minimum atomic E-state index is -1.33. The lowest BCUT2D eigenvalue weighted by Crippen LogP contribution is -2.50. The van der Waals surface area contributed by atoms with Gasteiger partial charge in [-0.25, -0.2) is 9.59 Å². The molecule has 0 radical (unpaired) electrons. The third-order valence-corrected chi connectivity index (χ3v) is 5.34. The second kappa shape index (κ2) is 20.2. The predicted molar refractivity (Wildman–Crippen MR) is 147 cm³/mol. The van der Waals surface area contributed by atoms with Gasteiger partial charge in [0.05, 0.1) is 26.2 Å². The lowest BCUT2D eigenvalue weighted by atomic mass is 10.1. The van der Waals surface area contributed by atoms with Gasteiger partial charge in [0.1, 0.15) is 12.1 Å². The molecule has 0 aliphatic heterocycles. The van der Waals surface area contributed by atoms with E-state index in [9.17, 15) is 49.2 Å². The van der Waals surface area contributed by atoms with Gasteiger partial charge in [-0.3, -0.25) is 39.0 Å². The van der Waals surface area contributed by atoms with Crippen molar-refractivity contribution in [2.24, 2.45) is 32.9 Å². The minimum absolute atomic E-state index is 0.0100. The van der Waals surface area contributed by atoms with Crippen molar-refractivity contribution in [3.63, 3.8) is 0 Å². The summed E-state index contributed by atoms with van der Waals surface area (Å²) in [5.74, 6) is -7.25. The number of hydrogen-bond acceptors (Lipinski definition) is 10. The average Bonchev–Trinajstić information content (AvgIpc) is 2.84. The number of amides is 2. The second-order valence-electron chi connectivity index (χ2n) is 9.02. The number of carbonyl (C=O) groups is 6. The van der Waals surface area contributed by atoms with Crippen molar-refractivity contribution in [3.8, 4) is 0 Å². The van der Waals surface area contributed by atoms with E-state index in [0.29, 0.717) is 0 Å². The van der Waals surface area contributed by atoms with Crippen LogP contribution in [0.2, 0.25) is 0 Å². The molecule has 0 aromatic carbocycles. The number of aliphatic carboxylic acids is 4. The maximum atomic E-state index is 12.5. The predicted octanol–water partition coefficient (Wildman–Crippen LogP) is -4.99. The third-order valence-electron chi connectivity index (χ3n) is 5.34. The zero-order valence-electron chi connectivity index (χ0n) is 23.0. The Labute approximate surface area is 240 Å². The number of nitrogens with zero attached hydrogens (tertiary/aromatic N) is 4. The van der Waals surface area contributed by atoms with Gasteiger partial charge in [0.2, 0.25) is 11.8 Å². The number of hydrogen-bond donors (Lipinski definition) is 10. The molecule has 238 valence electrons. The number of aliphatic imine (C=N–C) groups is 2. The summed E-state index contributed by atoms with van der Waals surface area (Å²) in [6.45, 7) is -2.55. The van der Waals surface area contributed by atoms with E-state index in [0.717, 1.165) is 9.80 Å². The number of nitrogens with one attached hydrogen (secondary N) is 2. The average molecular weight is 605 g/mol. The topological polar surface area (TPSA) is 343 Å². The van der Waals surface area contributed by atoms with Crippen molar-refractivity contribution in [1.29, 1.82) is 0 Å². The molecule has 0 saturated heterocycles. The van der Waals surface area contributed by atoms with E-state index in [2.05, 4.69) is 20.6 Å². The second-order valence-corrected chi connectivity index (χ2v) is 9.02. The summed E-state index contributed by atoms with van der Waals surface area (Å²) in [5.41, 5.74) is 20.8. The number of carboxylic acid groups (broad SMARTS) is 4. The number of carboxylic acids is 4. The molecule has 0 heterocycles. The molecule has 0 spiro atoms. The van der Waals surface area contributed by atoms with Crippen LogP contribution in [0.5, 0.6) is 0 Å². The van der Waals surface area contributed by atoms with Crippen LogP contribution in [0.3, 0.4) is 0 Å². The van der Waals surface area contributed by atoms with Crippen molar-refractivity contribution in [2.45, 2.75) is 37.8 Å². The first-order chi connectivity index (χ1) is 19.6. The van der Waals surface area contributed by atoms with E-state index in [1.165, 1.54) is 0 Å². The molecular weight excluding hydrogens is 564 g/mol. The number of carbonyl (C=O) groups excluding carboxylic acids is 2. The molecular formula is C22H40N10O10. The molecule has 14 N–H and O–H groups in total.